The Labute approximate surface area is 239 Å². The van der Waals surface area contributed by atoms with Crippen molar-refractivity contribution in [2.75, 3.05) is 0 Å². The number of hydrogen-bond donors (Lipinski definition) is 0. The summed E-state index contributed by atoms with van der Waals surface area (Å²) in [5.74, 6) is -1.83. The smallest absolute Gasteiger partial charge is 0.233 e. The van der Waals surface area contributed by atoms with Crippen LogP contribution in [0.15, 0.2) is 97.1 Å². The van der Waals surface area contributed by atoms with Gasteiger partial charge in [0.1, 0.15) is 0 Å². The molecule has 0 amide bonds. The van der Waals surface area contributed by atoms with Crippen LogP contribution >= 0.6 is 0 Å². The molecule has 206 valence electrons. The molecule has 5 heteroatoms. The number of rotatable bonds is 12. The minimum atomic E-state index is -0.583. The Bertz CT molecular complexity index is 1630. The van der Waals surface area contributed by atoms with Gasteiger partial charge >= 0.3 is 0 Å². The molecule has 41 heavy (non-hydrogen) atoms. The standard InChI is InChI=1S/C36H33NO4/c1-3-5-12-24(4-2)23-37-31-19-17-27(35(40)33(38)25-13-8-6-9-14-25)21-29(31)30-22-28(18-20-32(30)37)36(41)34(39)26-15-10-7-11-16-26/h6-11,13-22,24H,3-5,12,23H2,1-2H3. The molecule has 0 spiro atoms. The molecular weight excluding hydrogens is 510 g/mol. The van der Waals surface area contributed by atoms with Crippen molar-refractivity contribution in [1.82, 2.24) is 4.57 Å². The van der Waals surface area contributed by atoms with Crippen molar-refractivity contribution in [3.05, 3.63) is 119 Å². The number of benzene rings is 4. The Balaban J connectivity index is 1.62. The number of aromatic nitrogens is 1. The van der Waals surface area contributed by atoms with E-state index in [9.17, 15) is 19.2 Å². The highest BCUT2D eigenvalue weighted by Gasteiger charge is 2.23. The molecule has 0 aliphatic heterocycles. The zero-order valence-corrected chi connectivity index (χ0v) is 23.4. The van der Waals surface area contributed by atoms with Crippen LogP contribution in [0.1, 0.15) is 81.0 Å². The van der Waals surface area contributed by atoms with Crippen molar-refractivity contribution in [2.45, 2.75) is 46.1 Å². The van der Waals surface area contributed by atoms with Crippen LogP contribution in [0, 0.1) is 5.92 Å². The third-order valence-corrected chi connectivity index (χ3v) is 7.86. The van der Waals surface area contributed by atoms with Crippen molar-refractivity contribution in [2.24, 2.45) is 5.92 Å². The molecule has 1 heterocycles. The van der Waals surface area contributed by atoms with E-state index in [1.807, 2.05) is 12.1 Å². The molecule has 4 aromatic carbocycles. The maximum atomic E-state index is 13.2. The van der Waals surface area contributed by atoms with Crippen LogP contribution in [0.2, 0.25) is 0 Å². The summed E-state index contributed by atoms with van der Waals surface area (Å²) < 4.78 is 2.25. The first-order valence-corrected chi connectivity index (χ1v) is 14.3. The topological polar surface area (TPSA) is 73.2 Å². The highest BCUT2D eigenvalue weighted by molar-refractivity contribution is 6.50. The first-order valence-electron chi connectivity index (χ1n) is 14.3. The second-order valence-corrected chi connectivity index (χ2v) is 10.5. The second kappa shape index (κ2) is 12.3. The van der Waals surface area contributed by atoms with Crippen molar-refractivity contribution in [1.29, 1.82) is 0 Å². The summed E-state index contributed by atoms with van der Waals surface area (Å²) in [6, 6.07) is 27.7. The predicted octanol–water partition coefficient (Wildman–Crippen LogP) is 8.14. The number of hydrogen-bond acceptors (Lipinski definition) is 4. The van der Waals surface area contributed by atoms with E-state index >= 15 is 0 Å². The Hall–Kier alpha value is -4.64. The molecule has 0 radical (unpaired) electrons. The van der Waals surface area contributed by atoms with Crippen molar-refractivity contribution in [3.8, 4) is 0 Å². The molecule has 5 aromatic rings. The zero-order valence-electron chi connectivity index (χ0n) is 23.4. The van der Waals surface area contributed by atoms with Crippen LogP contribution < -0.4 is 0 Å². The van der Waals surface area contributed by atoms with Crippen LogP contribution in [0.25, 0.3) is 21.8 Å². The molecule has 0 bridgehead atoms. The molecule has 5 nitrogen and oxygen atoms in total. The van der Waals surface area contributed by atoms with Crippen molar-refractivity contribution in [3.63, 3.8) is 0 Å². The number of carbonyl (C=O) groups excluding carboxylic acids is 4. The van der Waals surface area contributed by atoms with Gasteiger partial charge in [-0.2, -0.15) is 0 Å². The fraction of sp³-hybridized carbons (Fsp3) is 0.222. The molecule has 0 aliphatic rings. The van der Waals surface area contributed by atoms with E-state index in [2.05, 4.69) is 18.4 Å². The summed E-state index contributed by atoms with van der Waals surface area (Å²) in [7, 11) is 0. The van der Waals surface area contributed by atoms with Crippen LogP contribution in [-0.4, -0.2) is 27.7 Å². The lowest BCUT2D eigenvalue weighted by Gasteiger charge is -2.17. The van der Waals surface area contributed by atoms with Gasteiger partial charge in [0, 0.05) is 50.6 Å². The maximum Gasteiger partial charge on any atom is 0.233 e. The third-order valence-electron chi connectivity index (χ3n) is 7.86. The van der Waals surface area contributed by atoms with Crippen LogP contribution in [0.5, 0.6) is 0 Å². The van der Waals surface area contributed by atoms with E-state index in [-0.39, 0.29) is 0 Å². The largest absolute Gasteiger partial charge is 0.340 e. The van der Waals surface area contributed by atoms with E-state index in [0.29, 0.717) is 28.2 Å². The van der Waals surface area contributed by atoms with Gasteiger partial charge in [0.25, 0.3) is 0 Å². The fourth-order valence-electron chi connectivity index (χ4n) is 5.46. The van der Waals surface area contributed by atoms with Gasteiger partial charge in [0.05, 0.1) is 0 Å². The quantitative estimate of drug-likeness (QED) is 0.118. The first kappa shape index (κ1) is 27.9. The maximum absolute atomic E-state index is 13.2. The monoisotopic (exact) mass is 543 g/mol. The molecule has 1 unspecified atom stereocenters. The van der Waals surface area contributed by atoms with Gasteiger partial charge in [-0.15, -0.1) is 0 Å². The molecule has 1 aromatic heterocycles. The Morgan fingerprint density at radius 3 is 1.44 bits per heavy atom. The average molecular weight is 544 g/mol. The molecule has 0 fully saturated rings. The summed E-state index contributed by atoms with van der Waals surface area (Å²) in [5, 5.41) is 1.55. The number of nitrogens with zero attached hydrogens (tertiary/aromatic N) is 1. The van der Waals surface area contributed by atoms with E-state index in [1.165, 1.54) is 0 Å². The lowest BCUT2D eigenvalue weighted by molar-refractivity contribution is 0.0817. The van der Waals surface area contributed by atoms with Gasteiger partial charge in [-0.3, -0.25) is 19.2 Å². The molecular formula is C36H33NO4. The molecule has 0 aliphatic carbocycles. The van der Waals surface area contributed by atoms with E-state index in [0.717, 1.165) is 54.0 Å². The lowest BCUT2D eigenvalue weighted by Crippen LogP contribution is -2.14. The Morgan fingerprint density at radius 1 is 0.585 bits per heavy atom. The van der Waals surface area contributed by atoms with Gasteiger partial charge in [0.2, 0.25) is 23.1 Å². The van der Waals surface area contributed by atoms with Crippen LogP contribution in [-0.2, 0) is 6.54 Å². The zero-order chi connectivity index (χ0) is 28.9. The van der Waals surface area contributed by atoms with E-state index < -0.39 is 23.1 Å². The third kappa shape index (κ3) is 5.66. The first-order chi connectivity index (χ1) is 19.9. The van der Waals surface area contributed by atoms with Crippen LogP contribution in [0.4, 0.5) is 0 Å². The fourth-order valence-corrected chi connectivity index (χ4v) is 5.46. The van der Waals surface area contributed by atoms with Crippen molar-refractivity contribution < 1.29 is 19.2 Å². The minimum Gasteiger partial charge on any atom is -0.340 e. The summed E-state index contributed by atoms with van der Waals surface area (Å²) in [6.07, 6.45) is 4.42. The highest BCUT2D eigenvalue weighted by atomic mass is 16.2. The predicted molar refractivity (Wildman–Crippen MR) is 163 cm³/mol. The van der Waals surface area contributed by atoms with Crippen LogP contribution in [0.3, 0.4) is 0 Å². The minimum absolute atomic E-state index is 0.292. The molecule has 5 rings (SSSR count). The van der Waals surface area contributed by atoms with Gasteiger partial charge in [-0.1, -0.05) is 93.8 Å². The summed E-state index contributed by atoms with van der Waals surface area (Å²) in [6.45, 7) is 5.19. The Morgan fingerprint density at radius 2 is 1.02 bits per heavy atom. The highest BCUT2D eigenvalue weighted by Crippen LogP contribution is 2.33. The summed E-state index contributed by atoms with van der Waals surface area (Å²) in [4.78, 5) is 52.4. The van der Waals surface area contributed by atoms with Gasteiger partial charge in [0.15, 0.2) is 0 Å². The van der Waals surface area contributed by atoms with E-state index in [1.54, 1.807) is 84.9 Å². The molecule has 0 N–H and O–H groups in total. The number of unbranched alkanes of at least 4 members (excludes halogenated alkanes) is 1. The SMILES string of the molecule is CCCCC(CC)Cn1c2ccc(C(=O)C(=O)c3ccccc3)cc2c2cc(C(=O)C(=O)c3ccccc3)ccc21. The lowest BCUT2D eigenvalue weighted by atomic mass is 9.98. The Kier molecular flexibility index (Phi) is 8.34. The van der Waals surface area contributed by atoms with Gasteiger partial charge in [-0.25, -0.2) is 0 Å². The van der Waals surface area contributed by atoms with E-state index in [4.69, 9.17) is 0 Å². The number of carbonyl (C=O) groups is 4. The number of Topliss-reactive ketones (excluding diaryl/α,β-unsaturated/α-hetero) is 4. The average Bonchev–Trinajstić information content (AvgIpc) is 3.34. The normalized spacial score (nSPS) is 12.0. The van der Waals surface area contributed by atoms with Crippen molar-refractivity contribution >= 4 is 44.9 Å². The number of ketones is 4. The number of fused-ring (bicyclic) bond motifs is 3. The molecule has 1 atom stereocenters. The molecule has 0 saturated carbocycles. The summed E-state index contributed by atoms with van der Waals surface area (Å²) >= 11 is 0. The van der Waals surface area contributed by atoms with Gasteiger partial charge in [-0.05, 0) is 48.7 Å². The second-order valence-electron chi connectivity index (χ2n) is 10.5. The molecule has 0 saturated heterocycles. The summed E-state index contributed by atoms with van der Waals surface area (Å²) in [5.41, 5.74) is 3.12. The van der Waals surface area contributed by atoms with Gasteiger partial charge < -0.3 is 4.57 Å².